The van der Waals surface area contributed by atoms with Gasteiger partial charge in [-0.2, -0.15) is 0 Å². The first-order valence-electron chi connectivity index (χ1n) is 16.3. The van der Waals surface area contributed by atoms with E-state index in [4.69, 9.17) is 9.47 Å². The monoisotopic (exact) mass is 639 g/mol. The molecule has 7 aromatic rings. The van der Waals surface area contributed by atoms with Crippen LogP contribution in [-0.4, -0.2) is 0 Å². The maximum atomic E-state index is 6.48. The van der Waals surface area contributed by atoms with Crippen molar-refractivity contribution >= 4 is 39.8 Å². The average Bonchev–Trinajstić information content (AvgIpc) is 3.13. The third-order valence-electron chi connectivity index (χ3n) is 8.04. The van der Waals surface area contributed by atoms with Crippen LogP contribution in [0.1, 0.15) is 11.1 Å². The van der Waals surface area contributed by atoms with E-state index in [-0.39, 0.29) is 0 Å². The first kappa shape index (κ1) is 31.2. The molecule has 0 aliphatic rings. The fraction of sp³-hybridized carbons (Fsp3) is 0.0455. The molecule has 0 aliphatic heterocycles. The van der Waals surface area contributed by atoms with Crippen LogP contribution in [0, 0.1) is 13.8 Å². The molecule has 0 aromatic heterocycles. The fourth-order valence-electron chi connectivity index (χ4n) is 5.52. The second kappa shape index (κ2) is 14.5. The molecule has 0 amide bonds. The molecular weight excluding hydrogens is 603 g/mol. The smallest absolute Gasteiger partial charge is 0.151 e. The highest BCUT2D eigenvalue weighted by molar-refractivity contribution is 5.77. The summed E-state index contributed by atoms with van der Waals surface area (Å²) in [5.41, 5.74) is 9.41. The van der Waals surface area contributed by atoms with Crippen molar-refractivity contribution < 1.29 is 9.47 Å². The van der Waals surface area contributed by atoms with Gasteiger partial charge in [-0.25, -0.2) is 0 Å². The van der Waals surface area contributed by atoms with E-state index in [9.17, 15) is 0 Å². The van der Waals surface area contributed by atoms with Gasteiger partial charge in [0.25, 0.3) is 0 Å². The summed E-state index contributed by atoms with van der Waals surface area (Å²) in [5, 5.41) is 7.05. The van der Waals surface area contributed by atoms with Gasteiger partial charge in [0, 0.05) is 40.2 Å². The van der Waals surface area contributed by atoms with Crippen LogP contribution < -0.4 is 25.0 Å². The van der Waals surface area contributed by atoms with Gasteiger partial charge >= 0.3 is 0 Å². The molecule has 240 valence electrons. The Balaban J connectivity index is 1.11. The van der Waals surface area contributed by atoms with E-state index in [0.29, 0.717) is 17.2 Å². The lowest BCUT2D eigenvalue weighted by molar-refractivity contribution is 0.461. The Morgan fingerprint density at radius 2 is 0.898 bits per heavy atom. The molecule has 0 heterocycles. The maximum absolute atomic E-state index is 6.48. The van der Waals surface area contributed by atoms with Crippen molar-refractivity contribution in [2.24, 2.45) is 0 Å². The molecule has 0 spiro atoms. The molecule has 2 N–H and O–H groups in total. The molecule has 5 nitrogen and oxygen atoms in total. The van der Waals surface area contributed by atoms with Crippen molar-refractivity contribution in [1.82, 2.24) is 0 Å². The summed E-state index contributed by atoms with van der Waals surface area (Å²) in [5.74, 6) is 2.77. The largest absolute Gasteiger partial charge is 0.457 e. The van der Waals surface area contributed by atoms with E-state index in [1.165, 1.54) is 11.1 Å². The van der Waals surface area contributed by atoms with Crippen LogP contribution in [-0.2, 0) is 0 Å². The molecule has 0 aliphatic carbocycles. The number of aryl methyl sites for hydroxylation is 2. The molecule has 0 unspecified atom stereocenters. The Kier molecular flexibility index (Phi) is 9.24. The number of ether oxygens (including phenoxy) is 2. The van der Waals surface area contributed by atoms with E-state index in [1.54, 1.807) is 0 Å². The summed E-state index contributed by atoms with van der Waals surface area (Å²) < 4.78 is 12.8. The summed E-state index contributed by atoms with van der Waals surface area (Å²) in [6, 6.07) is 59.3. The van der Waals surface area contributed by atoms with Gasteiger partial charge in [0.2, 0.25) is 0 Å². The van der Waals surface area contributed by atoms with Gasteiger partial charge in [-0.3, -0.25) is 0 Å². The van der Waals surface area contributed by atoms with E-state index < -0.39 is 0 Å². The molecule has 0 radical (unpaired) electrons. The standard InChI is InChI=1S/C44H37N3O2/c1-32-16-20-34(21-17-32)45-36-24-29-44(43(30-36)46-35-22-18-33(2)19-23-35)49-42-15-9-14-41(31-42)48-40-27-25-39(26-28-40)47(37-10-5-3-6-11-37)38-12-7-4-8-13-38/h3-31,45-46H,1-2H3. The zero-order chi connectivity index (χ0) is 33.4. The van der Waals surface area contributed by atoms with Crippen LogP contribution in [0.5, 0.6) is 23.0 Å². The van der Waals surface area contributed by atoms with Crippen LogP contribution in [0.2, 0.25) is 0 Å². The van der Waals surface area contributed by atoms with Crippen molar-refractivity contribution in [3.63, 3.8) is 0 Å². The van der Waals surface area contributed by atoms with Crippen molar-refractivity contribution in [1.29, 1.82) is 0 Å². The molecule has 7 aromatic carbocycles. The van der Waals surface area contributed by atoms with E-state index in [2.05, 4.69) is 145 Å². The molecule has 49 heavy (non-hydrogen) atoms. The van der Waals surface area contributed by atoms with Crippen molar-refractivity contribution in [2.45, 2.75) is 13.8 Å². The molecule has 5 heteroatoms. The molecular formula is C44H37N3O2. The minimum absolute atomic E-state index is 0.666. The van der Waals surface area contributed by atoms with Gasteiger partial charge in [-0.05, 0) is 117 Å². The lowest BCUT2D eigenvalue weighted by Gasteiger charge is -2.25. The number of anilines is 7. The second-order valence-corrected chi connectivity index (χ2v) is 11.9. The topological polar surface area (TPSA) is 45.8 Å². The number of nitrogens with zero attached hydrogens (tertiary/aromatic N) is 1. The second-order valence-electron chi connectivity index (χ2n) is 11.9. The summed E-state index contributed by atoms with van der Waals surface area (Å²) in [4.78, 5) is 2.22. The number of hydrogen-bond acceptors (Lipinski definition) is 5. The lowest BCUT2D eigenvalue weighted by Crippen LogP contribution is -2.09. The fourth-order valence-corrected chi connectivity index (χ4v) is 5.52. The highest BCUT2D eigenvalue weighted by Gasteiger charge is 2.13. The number of para-hydroxylation sites is 2. The van der Waals surface area contributed by atoms with Crippen molar-refractivity contribution in [2.75, 3.05) is 15.5 Å². The minimum atomic E-state index is 0.666. The summed E-state index contributed by atoms with van der Waals surface area (Å²) >= 11 is 0. The zero-order valence-electron chi connectivity index (χ0n) is 27.5. The van der Waals surface area contributed by atoms with Gasteiger partial charge in [0.1, 0.15) is 17.2 Å². The van der Waals surface area contributed by atoms with Crippen LogP contribution >= 0.6 is 0 Å². The Hall–Kier alpha value is -6.46. The van der Waals surface area contributed by atoms with E-state index in [0.717, 1.165) is 45.6 Å². The Labute approximate surface area is 288 Å². The molecule has 0 saturated carbocycles. The minimum Gasteiger partial charge on any atom is -0.457 e. The highest BCUT2D eigenvalue weighted by Crippen LogP contribution is 2.38. The SMILES string of the molecule is Cc1ccc(Nc2ccc(Oc3cccc(Oc4ccc(N(c5ccccc5)c5ccccc5)cc4)c3)c(Nc3ccc(C)cc3)c2)cc1. The Morgan fingerprint density at radius 3 is 1.49 bits per heavy atom. The number of benzene rings is 7. The first-order valence-corrected chi connectivity index (χ1v) is 16.3. The molecule has 0 atom stereocenters. The zero-order valence-corrected chi connectivity index (χ0v) is 27.5. The highest BCUT2D eigenvalue weighted by atomic mass is 16.5. The van der Waals surface area contributed by atoms with Crippen LogP contribution in [0.4, 0.5) is 39.8 Å². The summed E-state index contributed by atoms with van der Waals surface area (Å²) in [7, 11) is 0. The van der Waals surface area contributed by atoms with Crippen molar-refractivity contribution in [3.8, 4) is 23.0 Å². The summed E-state index contributed by atoms with van der Waals surface area (Å²) in [6.45, 7) is 4.17. The van der Waals surface area contributed by atoms with Gasteiger partial charge in [0.05, 0.1) is 5.69 Å². The van der Waals surface area contributed by atoms with Crippen LogP contribution in [0.15, 0.2) is 176 Å². The molecule has 0 bridgehead atoms. The normalized spacial score (nSPS) is 10.7. The average molecular weight is 640 g/mol. The third kappa shape index (κ3) is 7.92. The maximum Gasteiger partial charge on any atom is 0.151 e. The van der Waals surface area contributed by atoms with Crippen molar-refractivity contribution in [3.05, 3.63) is 187 Å². The van der Waals surface area contributed by atoms with E-state index in [1.807, 2.05) is 60.7 Å². The lowest BCUT2D eigenvalue weighted by atomic mass is 10.2. The number of nitrogens with one attached hydrogen (secondary N) is 2. The van der Waals surface area contributed by atoms with Gasteiger partial charge < -0.3 is 25.0 Å². The van der Waals surface area contributed by atoms with Gasteiger partial charge in [0.15, 0.2) is 5.75 Å². The first-order chi connectivity index (χ1) is 24.1. The molecule has 0 saturated heterocycles. The number of rotatable bonds is 11. The summed E-state index contributed by atoms with van der Waals surface area (Å²) in [6.07, 6.45) is 0. The Bertz CT molecular complexity index is 2070. The Morgan fingerprint density at radius 1 is 0.388 bits per heavy atom. The molecule has 7 rings (SSSR count). The van der Waals surface area contributed by atoms with Crippen LogP contribution in [0.25, 0.3) is 0 Å². The van der Waals surface area contributed by atoms with Gasteiger partial charge in [-0.1, -0.05) is 77.9 Å². The van der Waals surface area contributed by atoms with Crippen LogP contribution in [0.3, 0.4) is 0 Å². The third-order valence-corrected chi connectivity index (χ3v) is 8.04. The predicted molar refractivity (Wildman–Crippen MR) is 203 cm³/mol. The quantitative estimate of drug-likeness (QED) is 0.147. The molecule has 0 fully saturated rings. The van der Waals surface area contributed by atoms with E-state index >= 15 is 0 Å². The predicted octanol–water partition coefficient (Wildman–Crippen LogP) is 12.8. The van der Waals surface area contributed by atoms with Gasteiger partial charge in [-0.15, -0.1) is 0 Å². The number of hydrogen-bond donors (Lipinski definition) is 2.